The topological polar surface area (TPSA) is 78.6 Å². The SMILES string of the molecule is Cc1cccc(C(=O)OOC(N)=O)c1. The Labute approximate surface area is 80.3 Å². The van der Waals surface area contributed by atoms with Crippen LogP contribution in [0.2, 0.25) is 0 Å². The summed E-state index contributed by atoms with van der Waals surface area (Å²) in [5.74, 6) is -0.757. The first-order valence-electron chi connectivity index (χ1n) is 3.84. The summed E-state index contributed by atoms with van der Waals surface area (Å²) in [6.07, 6.45) is -1.16. The van der Waals surface area contributed by atoms with Crippen LogP contribution in [0.25, 0.3) is 0 Å². The summed E-state index contributed by atoms with van der Waals surface area (Å²) < 4.78 is 0. The Bertz CT molecular complexity index is 362. The van der Waals surface area contributed by atoms with Gasteiger partial charge in [0.25, 0.3) is 0 Å². The Morgan fingerprint density at radius 1 is 1.29 bits per heavy atom. The molecule has 0 aliphatic carbocycles. The Kier molecular flexibility index (Phi) is 3.06. The molecule has 0 heterocycles. The molecule has 0 saturated heterocycles. The lowest BCUT2D eigenvalue weighted by atomic mass is 10.1. The molecule has 1 aromatic rings. The first-order valence-corrected chi connectivity index (χ1v) is 3.84. The number of nitrogens with two attached hydrogens (primary N) is 1. The van der Waals surface area contributed by atoms with Gasteiger partial charge >= 0.3 is 12.1 Å². The van der Waals surface area contributed by atoms with Crippen LogP contribution in [0.1, 0.15) is 15.9 Å². The van der Waals surface area contributed by atoms with Gasteiger partial charge < -0.3 is 5.73 Å². The Morgan fingerprint density at radius 2 is 2.00 bits per heavy atom. The Balaban J connectivity index is 2.65. The lowest BCUT2D eigenvalue weighted by Gasteiger charge is -2.00. The van der Waals surface area contributed by atoms with Crippen molar-refractivity contribution in [3.63, 3.8) is 0 Å². The molecule has 74 valence electrons. The lowest BCUT2D eigenvalue weighted by Crippen LogP contribution is -2.16. The fraction of sp³-hybridized carbons (Fsp3) is 0.111. The van der Waals surface area contributed by atoms with Crippen molar-refractivity contribution < 1.29 is 19.4 Å². The van der Waals surface area contributed by atoms with Crippen LogP contribution in [0.4, 0.5) is 4.79 Å². The number of primary amides is 1. The number of hydrogen-bond donors (Lipinski definition) is 1. The molecule has 0 bridgehead atoms. The fourth-order valence-electron chi connectivity index (χ4n) is 0.899. The minimum atomic E-state index is -1.16. The molecule has 0 aliphatic rings. The zero-order valence-corrected chi connectivity index (χ0v) is 7.52. The minimum absolute atomic E-state index is 0.297. The van der Waals surface area contributed by atoms with E-state index < -0.39 is 12.1 Å². The highest BCUT2D eigenvalue weighted by atomic mass is 17.2. The molecular weight excluding hydrogens is 186 g/mol. The second-order valence-corrected chi connectivity index (χ2v) is 2.64. The number of carbonyl (C=O) groups excluding carboxylic acids is 2. The first-order chi connectivity index (χ1) is 6.59. The van der Waals surface area contributed by atoms with Crippen molar-refractivity contribution in [2.75, 3.05) is 0 Å². The molecular formula is C9H9NO4. The van der Waals surface area contributed by atoms with Crippen LogP contribution in [-0.2, 0) is 9.78 Å². The van der Waals surface area contributed by atoms with E-state index in [4.69, 9.17) is 0 Å². The van der Waals surface area contributed by atoms with Crippen LogP contribution in [0.5, 0.6) is 0 Å². The molecule has 1 rings (SSSR count). The summed E-state index contributed by atoms with van der Waals surface area (Å²) >= 11 is 0. The molecule has 0 aliphatic heterocycles. The summed E-state index contributed by atoms with van der Waals surface area (Å²) in [4.78, 5) is 29.3. The van der Waals surface area contributed by atoms with E-state index in [0.29, 0.717) is 5.56 Å². The summed E-state index contributed by atoms with van der Waals surface area (Å²) in [5, 5.41) is 0. The number of amides is 1. The van der Waals surface area contributed by atoms with Crippen molar-refractivity contribution in [1.29, 1.82) is 0 Å². The van der Waals surface area contributed by atoms with Gasteiger partial charge in [-0.2, -0.15) is 0 Å². The minimum Gasteiger partial charge on any atom is -0.332 e. The van der Waals surface area contributed by atoms with Crippen LogP contribution >= 0.6 is 0 Å². The van der Waals surface area contributed by atoms with E-state index in [1.165, 1.54) is 0 Å². The molecule has 0 unspecified atom stereocenters. The fourth-order valence-corrected chi connectivity index (χ4v) is 0.899. The summed E-state index contributed by atoms with van der Waals surface area (Å²) in [5.41, 5.74) is 5.81. The average molecular weight is 195 g/mol. The highest BCUT2D eigenvalue weighted by molar-refractivity contribution is 5.89. The van der Waals surface area contributed by atoms with Crippen LogP contribution in [0.15, 0.2) is 24.3 Å². The van der Waals surface area contributed by atoms with Crippen LogP contribution in [0.3, 0.4) is 0 Å². The maximum Gasteiger partial charge on any atom is 0.447 e. The molecule has 14 heavy (non-hydrogen) atoms. The first kappa shape index (κ1) is 10.0. The zero-order chi connectivity index (χ0) is 10.6. The quantitative estimate of drug-likeness (QED) is 0.538. The molecule has 5 nitrogen and oxygen atoms in total. The highest BCUT2D eigenvalue weighted by Gasteiger charge is 2.09. The third kappa shape index (κ3) is 2.78. The monoisotopic (exact) mass is 195 g/mol. The second kappa shape index (κ2) is 4.27. The van der Waals surface area contributed by atoms with Gasteiger partial charge in [0, 0.05) is 0 Å². The summed E-state index contributed by atoms with van der Waals surface area (Å²) in [7, 11) is 0. The van der Waals surface area contributed by atoms with Gasteiger partial charge in [-0.1, -0.05) is 17.7 Å². The molecule has 1 aromatic carbocycles. The number of benzene rings is 1. The number of rotatable bonds is 1. The van der Waals surface area contributed by atoms with Crippen molar-refractivity contribution in [3.8, 4) is 0 Å². The largest absolute Gasteiger partial charge is 0.447 e. The maximum absolute atomic E-state index is 11.1. The van der Waals surface area contributed by atoms with E-state index in [1.54, 1.807) is 18.2 Å². The standard InChI is InChI=1S/C9H9NO4/c1-6-3-2-4-7(5-6)8(11)13-14-9(10)12/h2-5H,1H3,(H2,10,12). The maximum atomic E-state index is 11.1. The van der Waals surface area contributed by atoms with Gasteiger partial charge in [-0.3, -0.25) is 0 Å². The van der Waals surface area contributed by atoms with E-state index in [9.17, 15) is 9.59 Å². The molecule has 0 radical (unpaired) electrons. The normalized spacial score (nSPS) is 9.21. The molecule has 1 amide bonds. The molecule has 0 saturated carbocycles. The average Bonchev–Trinajstić information content (AvgIpc) is 2.14. The smallest absolute Gasteiger partial charge is 0.332 e. The number of hydrogen-bond acceptors (Lipinski definition) is 4. The zero-order valence-electron chi connectivity index (χ0n) is 7.52. The molecule has 0 spiro atoms. The summed E-state index contributed by atoms with van der Waals surface area (Å²) in [6.45, 7) is 1.83. The lowest BCUT2D eigenvalue weighted by molar-refractivity contribution is -0.180. The second-order valence-electron chi connectivity index (χ2n) is 2.64. The third-order valence-corrected chi connectivity index (χ3v) is 1.45. The summed E-state index contributed by atoms with van der Waals surface area (Å²) in [6, 6.07) is 6.66. The van der Waals surface area contributed by atoms with Gasteiger partial charge in [-0.25, -0.2) is 19.4 Å². The van der Waals surface area contributed by atoms with Crippen molar-refractivity contribution in [1.82, 2.24) is 0 Å². The highest BCUT2D eigenvalue weighted by Crippen LogP contribution is 2.05. The van der Waals surface area contributed by atoms with E-state index in [2.05, 4.69) is 15.5 Å². The number of carbonyl (C=O) groups is 2. The van der Waals surface area contributed by atoms with Crippen LogP contribution < -0.4 is 5.73 Å². The van der Waals surface area contributed by atoms with Crippen molar-refractivity contribution in [2.24, 2.45) is 5.73 Å². The molecule has 0 atom stereocenters. The predicted molar refractivity (Wildman–Crippen MR) is 47.3 cm³/mol. The number of aryl methyl sites for hydroxylation is 1. The van der Waals surface area contributed by atoms with E-state index in [0.717, 1.165) is 5.56 Å². The van der Waals surface area contributed by atoms with Gasteiger partial charge in [-0.15, -0.1) is 0 Å². The van der Waals surface area contributed by atoms with Crippen molar-refractivity contribution in [2.45, 2.75) is 6.92 Å². The van der Waals surface area contributed by atoms with E-state index in [1.807, 2.05) is 13.0 Å². The molecule has 0 aromatic heterocycles. The Morgan fingerprint density at radius 3 is 2.57 bits per heavy atom. The molecule has 2 N–H and O–H groups in total. The van der Waals surface area contributed by atoms with E-state index in [-0.39, 0.29) is 0 Å². The molecule has 5 heteroatoms. The van der Waals surface area contributed by atoms with Gasteiger partial charge in [-0.05, 0) is 19.1 Å². The van der Waals surface area contributed by atoms with Gasteiger partial charge in [0.05, 0.1) is 5.56 Å². The van der Waals surface area contributed by atoms with Gasteiger partial charge in [0.15, 0.2) is 0 Å². The van der Waals surface area contributed by atoms with Crippen molar-refractivity contribution >= 4 is 12.1 Å². The Hall–Kier alpha value is -2.04. The van der Waals surface area contributed by atoms with Crippen LogP contribution in [0, 0.1) is 6.92 Å². The third-order valence-electron chi connectivity index (χ3n) is 1.45. The van der Waals surface area contributed by atoms with Gasteiger partial charge in [0.1, 0.15) is 0 Å². The van der Waals surface area contributed by atoms with Crippen molar-refractivity contribution in [3.05, 3.63) is 35.4 Å². The van der Waals surface area contributed by atoms with Gasteiger partial charge in [0.2, 0.25) is 0 Å². The predicted octanol–water partition coefficient (Wildman–Crippen LogP) is 1.16. The van der Waals surface area contributed by atoms with Crippen LogP contribution in [-0.4, -0.2) is 12.1 Å². The van der Waals surface area contributed by atoms with E-state index >= 15 is 0 Å². The molecule has 0 fully saturated rings.